The number of carbonyl (C=O) groups is 2. The van der Waals surface area contributed by atoms with Crippen LogP contribution in [0.15, 0.2) is 42.6 Å². The van der Waals surface area contributed by atoms with E-state index in [2.05, 4.69) is 32.9 Å². The Hall–Kier alpha value is -1.96. The molecule has 0 saturated heterocycles. The number of benzene rings is 1. The molecule has 1 heterocycles. The Balaban J connectivity index is 1.84. The van der Waals surface area contributed by atoms with Gasteiger partial charge >= 0.3 is 5.97 Å². The lowest BCUT2D eigenvalue weighted by atomic mass is 10.2. The van der Waals surface area contributed by atoms with E-state index in [-0.39, 0.29) is 12.5 Å². The average Bonchev–Trinajstić information content (AvgIpc) is 2.48. The third kappa shape index (κ3) is 4.82. The number of rotatable bonds is 4. The van der Waals surface area contributed by atoms with Crippen LogP contribution in [0.1, 0.15) is 16.1 Å². The van der Waals surface area contributed by atoms with Gasteiger partial charge in [-0.3, -0.25) is 9.78 Å². The van der Waals surface area contributed by atoms with Gasteiger partial charge < -0.3 is 10.1 Å². The highest BCUT2D eigenvalue weighted by Crippen LogP contribution is 2.11. The predicted octanol–water partition coefficient (Wildman–Crippen LogP) is 2.79. The van der Waals surface area contributed by atoms with Crippen LogP contribution >= 0.6 is 22.6 Å². The van der Waals surface area contributed by atoms with Gasteiger partial charge in [-0.05, 0) is 65.9 Å². The molecule has 0 bridgehead atoms. The fourth-order valence-corrected chi connectivity index (χ4v) is 1.89. The molecule has 21 heavy (non-hydrogen) atoms. The number of aryl methyl sites for hydroxylation is 1. The van der Waals surface area contributed by atoms with Gasteiger partial charge in [-0.2, -0.15) is 0 Å². The fraction of sp³-hybridized carbons (Fsp3) is 0.133. The van der Waals surface area contributed by atoms with E-state index in [1.807, 2.05) is 19.1 Å². The minimum absolute atomic E-state index is 0.322. The Morgan fingerprint density at radius 2 is 1.90 bits per heavy atom. The number of anilines is 1. The molecule has 108 valence electrons. The lowest BCUT2D eigenvalue weighted by molar-refractivity contribution is -0.119. The summed E-state index contributed by atoms with van der Waals surface area (Å²) in [4.78, 5) is 27.4. The smallest absolute Gasteiger partial charge is 0.340 e. The number of nitrogens with zero attached hydrogens (tertiary/aromatic N) is 1. The van der Waals surface area contributed by atoms with Crippen LogP contribution in [0.3, 0.4) is 0 Å². The van der Waals surface area contributed by atoms with Crippen LogP contribution in [0.4, 0.5) is 5.69 Å². The van der Waals surface area contributed by atoms with Gasteiger partial charge in [-0.25, -0.2) is 4.79 Å². The molecule has 0 aliphatic carbocycles. The summed E-state index contributed by atoms with van der Waals surface area (Å²) in [6.07, 6.45) is 1.43. The maximum Gasteiger partial charge on any atom is 0.340 e. The molecule has 0 unspecified atom stereocenters. The second-order valence-corrected chi connectivity index (χ2v) is 5.57. The Morgan fingerprint density at radius 1 is 1.19 bits per heavy atom. The number of amides is 1. The summed E-state index contributed by atoms with van der Waals surface area (Å²) in [6.45, 7) is 1.49. The fourth-order valence-electron chi connectivity index (χ4n) is 1.53. The SMILES string of the molecule is Cc1ccc(C(=O)OCC(=O)Nc2ccc(I)cc2)cn1. The molecule has 0 aliphatic heterocycles. The topological polar surface area (TPSA) is 68.3 Å². The molecule has 1 aromatic heterocycles. The van der Waals surface area contributed by atoms with Crippen molar-refractivity contribution in [2.24, 2.45) is 0 Å². The molecule has 0 atom stereocenters. The van der Waals surface area contributed by atoms with Gasteiger partial charge in [0.25, 0.3) is 5.91 Å². The zero-order valence-corrected chi connectivity index (χ0v) is 13.5. The second kappa shape index (κ2) is 7.16. The molecule has 1 amide bonds. The van der Waals surface area contributed by atoms with Gasteiger partial charge in [0.1, 0.15) is 0 Å². The average molecular weight is 396 g/mol. The first-order valence-electron chi connectivity index (χ1n) is 6.20. The van der Waals surface area contributed by atoms with Crippen molar-refractivity contribution in [1.29, 1.82) is 0 Å². The number of nitrogens with one attached hydrogen (secondary N) is 1. The van der Waals surface area contributed by atoms with E-state index in [1.54, 1.807) is 24.3 Å². The summed E-state index contributed by atoms with van der Waals surface area (Å²) < 4.78 is 6.01. The number of hydrogen-bond acceptors (Lipinski definition) is 4. The molecule has 0 fully saturated rings. The van der Waals surface area contributed by atoms with Crippen LogP contribution in [0.5, 0.6) is 0 Å². The second-order valence-electron chi connectivity index (χ2n) is 4.32. The van der Waals surface area contributed by atoms with Gasteiger partial charge in [0.15, 0.2) is 6.61 Å². The molecule has 0 spiro atoms. The van der Waals surface area contributed by atoms with Crippen molar-refractivity contribution in [3.8, 4) is 0 Å². The third-order valence-corrected chi connectivity index (χ3v) is 3.33. The van der Waals surface area contributed by atoms with Crippen molar-refractivity contribution in [1.82, 2.24) is 4.98 Å². The monoisotopic (exact) mass is 396 g/mol. The first kappa shape index (κ1) is 15.4. The van der Waals surface area contributed by atoms with E-state index < -0.39 is 5.97 Å². The molecular weight excluding hydrogens is 383 g/mol. The largest absolute Gasteiger partial charge is 0.452 e. The predicted molar refractivity (Wildman–Crippen MR) is 87.0 cm³/mol. The van der Waals surface area contributed by atoms with Crippen LogP contribution in [0.2, 0.25) is 0 Å². The van der Waals surface area contributed by atoms with E-state index in [0.717, 1.165) is 9.26 Å². The van der Waals surface area contributed by atoms with Crippen molar-refractivity contribution in [2.75, 3.05) is 11.9 Å². The molecule has 2 rings (SSSR count). The van der Waals surface area contributed by atoms with Crippen molar-refractivity contribution < 1.29 is 14.3 Å². The van der Waals surface area contributed by atoms with Gasteiger partial charge in [0.05, 0.1) is 5.56 Å². The molecular formula is C15H13IN2O3. The summed E-state index contributed by atoms with van der Waals surface area (Å²) in [5.74, 6) is -0.954. The highest BCUT2D eigenvalue weighted by molar-refractivity contribution is 14.1. The molecule has 0 radical (unpaired) electrons. The number of aromatic nitrogens is 1. The van der Waals surface area contributed by atoms with Crippen LogP contribution in [0.25, 0.3) is 0 Å². The summed E-state index contributed by atoms with van der Waals surface area (Å²) in [5.41, 5.74) is 1.79. The highest BCUT2D eigenvalue weighted by atomic mass is 127. The van der Waals surface area contributed by atoms with Crippen LogP contribution < -0.4 is 5.32 Å². The first-order chi connectivity index (χ1) is 10.0. The van der Waals surface area contributed by atoms with Gasteiger partial charge in [0.2, 0.25) is 0 Å². The summed E-state index contributed by atoms with van der Waals surface area (Å²) in [5, 5.41) is 2.65. The van der Waals surface area contributed by atoms with E-state index in [4.69, 9.17) is 4.74 Å². The molecule has 2 aromatic rings. The van der Waals surface area contributed by atoms with Gasteiger partial charge in [-0.15, -0.1) is 0 Å². The highest BCUT2D eigenvalue weighted by Gasteiger charge is 2.10. The number of halogens is 1. The van der Waals surface area contributed by atoms with Crippen LogP contribution in [-0.4, -0.2) is 23.5 Å². The Labute approximate surface area is 135 Å². The zero-order chi connectivity index (χ0) is 15.2. The van der Waals surface area contributed by atoms with E-state index in [0.29, 0.717) is 11.3 Å². The number of ether oxygens (including phenoxy) is 1. The molecule has 5 nitrogen and oxygen atoms in total. The molecule has 0 aliphatic rings. The normalized spacial score (nSPS) is 10.0. The van der Waals surface area contributed by atoms with Crippen LogP contribution in [-0.2, 0) is 9.53 Å². The zero-order valence-electron chi connectivity index (χ0n) is 11.3. The van der Waals surface area contributed by atoms with E-state index >= 15 is 0 Å². The van der Waals surface area contributed by atoms with Crippen molar-refractivity contribution in [3.05, 3.63) is 57.4 Å². The van der Waals surface area contributed by atoms with E-state index in [1.165, 1.54) is 6.20 Å². The summed E-state index contributed by atoms with van der Waals surface area (Å²) in [6, 6.07) is 10.6. The molecule has 0 saturated carbocycles. The minimum Gasteiger partial charge on any atom is -0.452 e. The first-order valence-corrected chi connectivity index (χ1v) is 7.27. The lowest BCUT2D eigenvalue weighted by Gasteiger charge is -2.06. The standard InChI is InChI=1S/C15H13IN2O3/c1-10-2-3-11(8-17-10)15(20)21-9-14(19)18-13-6-4-12(16)5-7-13/h2-8H,9H2,1H3,(H,18,19). The number of esters is 1. The van der Waals surface area contributed by atoms with Crippen LogP contribution in [0, 0.1) is 10.5 Å². The quantitative estimate of drug-likeness (QED) is 0.638. The lowest BCUT2D eigenvalue weighted by Crippen LogP contribution is -2.21. The minimum atomic E-state index is -0.569. The number of pyridine rings is 1. The van der Waals surface area contributed by atoms with Gasteiger partial charge in [0, 0.05) is 21.1 Å². The summed E-state index contributed by atoms with van der Waals surface area (Å²) >= 11 is 2.18. The van der Waals surface area contributed by atoms with E-state index in [9.17, 15) is 9.59 Å². The Bertz CT molecular complexity index is 639. The van der Waals surface area contributed by atoms with Crippen molar-refractivity contribution in [3.63, 3.8) is 0 Å². The van der Waals surface area contributed by atoms with Crippen molar-refractivity contribution in [2.45, 2.75) is 6.92 Å². The maximum atomic E-state index is 11.7. The third-order valence-electron chi connectivity index (χ3n) is 2.61. The Kier molecular flexibility index (Phi) is 5.26. The Morgan fingerprint density at radius 3 is 2.52 bits per heavy atom. The number of hydrogen-bond donors (Lipinski definition) is 1. The molecule has 6 heteroatoms. The maximum absolute atomic E-state index is 11.7. The summed E-state index contributed by atoms with van der Waals surface area (Å²) in [7, 11) is 0. The molecule has 1 aromatic carbocycles. The molecule has 1 N–H and O–H groups in total. The number of carbonyl (C=O) groups excluding carboxylic acids is 2. The van der Waals surface area contributed by atoms with Crippen molar-refractivity contribution >= 4 is 40.2 Å². The van der Waals surface area contributed by atoms with Gasteiger partial charge in [-0.1, -0.05) is 0 Å².